The second-order valence-electron chi connectivity index (χ2n) is 1.94. The molecule has 4 heteroatoms. The fourth-order valence-electron chi connectivity index (χ4n) is 0.640. The van der Waals surface area contributed by atoms with E-state index in [1.54, 1.807) is 26.5 Å². The van der Waals surface area contributed by atoms with Gasteiger partial charge < -0.3 is 22.2 Å². The van der Waals surface area contributed by atoms with Crippen LogP contribution in [-0.2, 0) is 0 Å². The molecule has 1 rings (SSSR count). The van der Waals surface area contributed by atoms with Crippen molar-refractivity contribution in [3.05, 3.63) is 12.4 Å². The van der Waals surface area contributed by atoms with Crippen molar-refractivity contribution >= 4 is 0 Å². The Labute approximate surface area is 60.3 Å². The third kappa shape index (κ3) is 1.48. The Bertz CT molecular complexity index is 106. The fraction of sp³-hybridized carbons (Fsp3) is 0.600. The molecule has 0 aliphatic carbocycles. The lowest BCUT2D eigenvalue weighted by molar-refractivity contribution is -0.00000373. The first-order valence-electron chi connectivity index (χ1n) is 2.48. The molecule has 0 saturated heterocycles. The summed E-state index contributed by atoms with van der Waals surface area (Å²) in [4.78, 5) is 3.00. The number of halogens is 2. The molecule has 0 amide bonds. The van der Waals surface area contributed by atoms with Crippen LogP contribution in [-0.4, -0.2) is 30.3 Å². The number of rotatable bonds is 0. The number of alkyl halides is 1. The summed E-state index contributed by atoms with van der Waals surface area (Å²) >= 11 is 0. The number of hydrogen-bond donors (Lipinski definition) is 0. The molecule has 0 fully saturated rings. The standard InChI is InChI=1S/C5H9FN2.ClH/c1-7-3-4-8(2)5(7)6;/h3-5H,1-2H3;1H/p-1. The highest BCUT2D eigenvalue weighted by Crippen LogP contribution is 2.10. The van der Waals surface area contributed by atoms with Gasteiger partial charge in [0.15, 0.2) is 0 Å². The summed E-state index contributed by atoms with van der Waals surface area (Å²) in [6.07, 6.45) is 2.44. The highest BCUT2D eigenvalue weighted by atomic mass is 35.5. The van der Waals surface area contributed by atoms with Gasteiger partial charge in [-0.15, -0.1) is 0 Å². The molecule has 9 heavy (non-hydrogen) atoms. The van der Waals surface area contributed by atoms with Crippen molar-refractivity contribution in [2.75, 3.05) is 14.1 Å². The van der Waals surface area contributed by atoms with E-state index < -0.39 is 6.42 Å². The zero-order valence-electron chi connectivity index (χ0n) is 5.38. The van der Waals surface area contributed by atoms with Gasteiger partial charge in [0, 0.05) is 26.5 Å². The Kier molecular flexibility index (Phi) is 2.77. The van der Waals surface area contributed by atoms with Gasteiger partial charge in [-0.3, -0.25) is 0 Å². The predicted octanol–water partition coefficient (Wildman–Crippen LogP) is -2.41. The molecule has 0 bridgehead atoms. The van der Waals surface area contributed by atoms with E-state index in [9.17, 15) is 4.39 Å². The van der Waals surface area contributed by atoms with Crippen molar-refractivity contribution in [3.8, 4) is 0 Å². The first-order chi connectivity index (χ1) is 3.72. The van der Waals surface area contributed by atoms with Crippen molar-refractivity contribution in [3.63, 3.8) is 0 Å². The summed E-state index contributed by atoms with van der Waals surface area (Å²) in [6, 6.07) is 0. The molecular weight excluding hydrogens is 143 g/mol. The topological polar surface area (TPSA) is 6.48 Å². The molecule has 1 aliphatic rings. The zero-order chi connectivity index (χ0) is 6.15. The Morgan fingerprint density at radius 3 is 1.67 bits per heavy atom. The molecule has 0 unspecified atom stereocenters. The van der Waals surface area contributed by atoms with E-state index in [0.29, 0.717) is 0 Å². The highest BCUT2D eigenvalue weighted by Gasteiger charge is 2.17. The van der Waals surface area contributed by atoms with Crippen LogP contribution < -0.4 is 12.4 Å². The van der Waals surface area contributed by atoms with Gasteiger partial charge in [0.1, 0.15) is 0 Å². The van der Waals surface area contributed by atoms with Crippen molar-refractivity contribution in [1.82, 2.24) is 9.80 Å². The summed E-state index contributed by atoms with van der Waals surface area (Å²) in [5.74, 6) is 0. The van der Waals surface area contributed by atoms with Gasteiger partial charge in [0.05, 0.1) is 0 Å². The molecule has 2 nitrogen and oxygen atoms in total. The maximum Gasteiger partial charge on any atom is 0.248 e. The van der Waals surface area contributed by atoms with Crippen molar-refractivity contribution in [2.45, 2.75) is 6.42 Å². The lowest BCUT2D eigenvalue weighted by Gasteiger charge is -2.18. The lowest BCUT2D eigenvalue weighted by Crippen LogP contribution is -3.00. The third-order valence-corrected chi connectivity index (χ3v) is 1.21. The second-order valence-corrected chi connectivity index (χ2v) is 1.94. The average molecular weight is 152 g/mol. The van der Waals surface area contributed by atoms with Crippen LogP contribution in [0.25, 0.3) is 0 Å². The lowest BCUT2D eigenvalue weighted by atomic mass is 10.8. The van der Waals surface area contributed by atoms with Gasteiger partial charge >= 0.3 is 0 Å². The molecule has 0 atom stereocenters. The number of nitrogens with zero attached hydrogens (tertiary/aromatic N) is 2. The van der Waals surface area contributed by atoms with E-state index in [2.05, 4.69) is 0 Å². The van der Waals surface area contributed by atoms with Crippen molar-refractivity contribution in [1.29, 1.82) is 0 Å². The van der Waals surface area contributed by atoms with Gasteiger partial charge in [0.2, 0.25) is 6.42 Å². The summed E-state index contributed by atoms with van der Waals surface area (Å²) in [7, 11) is 3.40. The summed E-state index contributed by atoms with van der Waals surface area (Å²) < 4.78 is 12.5. The Morgan fingerprint density at radius 1 is 1.22 bits per heavy atom. The van der Waals surface area contributed by atoms with Crippen LogP contribution in [0.2, 0.25) is 0 Å². The highest BCUT2D eigenvalue weighted by molar-refractivity contribution is 4.88. The molecule has 0 aromatic carbocycles. The molecular formula is C5H9ClFN2-. The fourth-order valence-corrected chi connectivity index (χ4v) is 0.640. The molecule has 54 valence electrons. The molecule has 0 saturated carbocycles. The van der Waals surface area contributed by atoms with Gasteiger partial charge in [0.25, 0.3) is 0 Å². The molecule has 0 aromatic rings. The minimum atomic E-state index is -0.963. The smallest absolute Gasteiger partial charge is 0.248 e. The monoisotopic (exact) mass is 151 g/mol. The van der Waals surface area contributed by atoms with Crippen molar-refractivity contribution in [2.24, 2.45) is 0 Å². The Hall–Kier alpha value is -0.440. The minimum Gasteiger partial charge on any atom is -1.00 e. The zero-order valence-corrected chi connectivity index (χ0v) is 6.14. The van der Waals surface area contributed by atoms with E-state index in [4.69, 9.17) is 0 Å². The van der Waals surface area contributed by atoms with Crippen LogP contribution in [0, 0.1) is 0 Å². The first kappa shape index (κ1) is 8.56. The van der Waals surface area contributed by atoms with Crippen LogP contribution in [0.15, 0.2) is 12.4 Å². The van der Waals surface area contributed by atoms with Gasteiger partial charge in [-0.2, -0.15) is 4.39 Å². The largest absolute Gasteiger partial charge is 1.00 e. The summed E-state index contributed by atoms with van der Waals surface area (Å²) in [6.45, 7) is 0. The summed E-state index contributed by atoms with van der Waals surface area (Å²) in [5, 5.41) is 0. The second kappa shape index (κ2) is 2.92. The van der Waals surface area contributed by atoms with Gasteiger partial charge in [-0.05, 0) is 0 Å². The van der Waals surface area contributed by atoms with Crippen LogP contribution in [0.5, 0.6) is 0 Å². The van der Waals surface area contributed by atoms with Crippen molar-refractivity contribution < 1.29 is 16.8 Å². The third-order valence-electron chi connectivity index (χ3n) is 1.21. The van der Waals surface area contributed by atoms with Crippen LogP contribution in [0.1, 0.15) is 0 Å². The van der Waals surface area contributed by atoms with Crippen LogP contribution >= 0.6 is 0 Å². The normalized spacial score (nSPS) is 18.6. The molecule has 0 spiro atoms. The quantitative estimate of drug-likeness (QED) is 0.356. The summed E-state index contributed by atoms with van der Waals surface area (Å²) in [5.41, 5.74) is 0. The van der Waals surface area contributed by atoms with E-state index in [0.717, 1.165) is 0 Å². The Balaban J connectivity index is 0.000000640. The number of hydrogen-bond acceptors (Lipinski definition) is 2. The molecule has 0 aromatic heterocycles. The van der Waals surface area contributed by atoms with E-state index in [1.807, 2.05) is 0 Å². The molecule has 1 heterocycles. The SMILES string of the molecule is CN1C=CN(C)C1F.[Cl-]. The first-order valence-corrected chi connectivity index (χ1v) is 2.48. The van der Waals surface area contributed by atoms with Crippen LogP contribution in [0.3, 0.4) is 0 Å². The molecule has 1 aliphatic heterocycles. The van der Waals surface area contributed by atoms with E-state index in [-0.39, 0.29) is 12.4 Å². The maximum atomic E-state index is 12.5. The van der Waals surface area contributed by atoms with E-state index >= 15 is 0 Å². The molecule has 0 radical (unpaired) electrons. The van der Waals surface area contributed by atoms with Gasteiger partial charge in [-0.25, -0.2) is 0 Å². The van der Waals surface area contributed by atoms with Gasteiger partial charge in [-0.1, -0.05) is 0 Å². The minimum absolute atomic E-state index is 0. The Morgan fingerprint density at radius 2 is 1.56 bits per heavy atom. The maximum absolute atomic E-state index is 12.5. The molecule has 0 N–H and O–H groups in total. The average Bonchev–Trinajstić information content (AvgIpc) is 1.98. The van der Waals surface area contributed by atoms with Crippen LogP contribution in [0.4, 0.5) is 4.39 Å². The predicted molar refractivity (Wildman–Crippen MR) is 29.6 cm³/mol. The van der Waals surface area contributed by atoms with E-state index in [1.165, 1.54) is 9.80 Å².